The first-order chi connectivity index (χ1) is 63.0. The van der Waals surface area contributed by atoms with Crippen molar-refractivity contribution in [3.63, 3.8) is 0 Å². The minimum atomic E-state index is -1.13. The zero-order valence-corrected chi connectivity index (χ0v) is 75.6. The number of benzene rings is 5. The first-order valence-corrected chi connectivity index (χ1v) is 46.3. The lowest BCUT2D eigenvalue weighted by atomic mass is 10.0. The predicted octanol–water partition coefficient (Wildman–Crippen LogP) is 14.1. The minimum Gasteiger partial charge on any atom is -0.483 e. The highest BCUT2D eigenvalue weighted by molar-refractivity contribution is 5.94. The Labute approximate surface area is 762 Å². The van der Waals surface area contributed by atoms with Crippen molar-refractivity contribution in [1.82, 2.24) is 26.6 Å². The van der Waals surface area contributed by atoms with Gasteiger partial charge in [-0.2, -0.15) is 4.39 Å². The molecule has 0 heterocycles. The second kappa shape index (κ2) is 60.9. The monoisotopic (exact) mass is 1850 g/mol. The van der Waals surface area contributed by atoms with Gasteiger partial charge in [-0.3, -0.25) is 47.9 Å². The first kappa shape index (κ1) is 110. The number of carbonyl (C=O) groups is 10. The number of ketones is 5. The molecular weight excluding hydrogens is 1720 g/mol. The summed E-state index contributed by atoms with van der Waals surface area (Å²) >= 11 is 0. The van der Waals surface area contributed by atoms with Crippen LogP contribution in [0.2, 0.25) is 0 Å². The Morgan fingerprint density at radius 3 is 0.901 bits per heavy atom. The quantitative estimate of drug-likeness (QED) is 0.0128. The highest BCUT2D eigenvalue weighted by atomic mass is 19.2. The van der Waals surface area contributed by atoms with Crippen LogP contribution in [-0.4, -0.2) is 154 Å². The average molecular weight is 1850 g/mol. The van der Waals surface area contributed by atoms with E-state index < -0.39 is 132 Å². The van der Waals surface area contributed by atoms with Crippen LogP contribution in [0.15, 0.2) is 84.9 Å². The molecule has 0 saturated heterocycles. The van der Waals surface area contributed by atoms with E-state index in [0.29, 0.717) is 90.5 Å². The molecule has 0 spiro atoms. The smallest absolute Gasteiger partial charge is 0.223 e. The van der Waals surface area contributed by atoms with Gasteiger partial charge in [0.25, 0.3) is 0 Å². The molecule has 131 heavy (non-hydrogen) atoms. The topological polar surface area (TPSA) is 407 Å². The molecule has 5 aliphatic carbocycles. The van der Waals surface area contributed by atoms with E-state index in [4.69, 9.17) is 52.4 Å². The fourth-order valence-electron chi connectivity index (χ4n) is 16.0. The number of carbonyl (C=O) groups excluding carboxylic acids is 10. The fourth-order valence-corrected chi connectivity index (χ4v) is 16.0. The number of hydrogen-bond donors (Lipinski definition) is 10. The number of aryl methyl sites for hydroxylation is 2. The third-order valence-corrected chi connectivity index (χ3v) is 23.8. The maximum absolute atomic E-state index is 14.0. The van der Waals surface area contributed by atoms with Gasteiger partial charge in [0.1, 0.15) is 38.9 Å². The van der Waals surface area contributed by atoms with Gasteiger partial charge < -0.3 is 78.9 Å². The summed E-state index contributed by atoms with van der Waals surface area (Å²) in [6.45, 7) is 3.31. The van der Waals surface area contributed by atoms with E-state index in [1.165, 1.54) is 50.2 Å². The predicted molar refractivity (Wildman–Crippen MR) is 478 cm³/mol. The number of halogens is 9. The molecule has 0 radical (unpaired) electrons. The van der Waals surface area contributed by atoms with Crippen LogP contribution in [0.25, 0.3) is 0 Å². The molecular formula is C97H135F9N10O15. The summed E-state index contributed by atoms with van der Waals surface area (Å²) < 4.78 is 149. The van der Waals surface area contributed by atoms with Crippen LogP contribution in [0.5, 0.6) is 28.7 Å². The van der Waals surface area contributed by atoms with Gasteiger partial charge in [-0.25, -0.2) is 35.1 Å². The van der Waals surface area contributed by atoms with Gasteiger partial charge >= 0.3 is 0 Å². The molecule has 34 heteroatoms. The third-order valence-electron chi connectivity index (χ3n) is 23.8. The van der Waals surface area contributed by atoms with Crippen molar-refractivity contribution in [2.24, 2.45) is 58.3 Å². The Bertz CT molecular complexity index is 4370. The van der Waals surface area contributed by atoms with Gasteiger partial charge in [0, 0.05) is 35.7 Å². The number of nitrogens with one attached hydrogen (secondary N) is 5. The van der Waals surface area contributed by atoms with Crippen molar-refractivity contribution in [2.75, 3.05) is 65.8 Å². The van der Waals surface area contributed by atoms with Gasteiger partial charge in [0.15, 0.2) is 98.4 Å². The lowest BCUT2D eigenvalue weighted by molar-refractivity contribution is -0.131. The molecule has 5 aromatic carbocycles. The number of unbranched alkanes of at least 4 members (excludes halogenated alkanes) is 5. The molecule has 5 saturated carbocycles. The lowest BCUT2D eigenvalue weighted by Gasteiger charge is -2.20. The molecule has 0 unspecified atom stereocenters. The second-order valence-electron chi connectivity index (χ2n) is 34.0. The van der Waals surface area contributed by atoms with Gasteiger partial charge in [0.2, 0.25) is 35.4 Å². The van der Waals surface area contributed by atoms with E-state index in [1.807, 2.05) is 0 Å². The van der Waals surface area contributed by atoms with Gasteiger partial charge in [-0.05, 0) is 267 Å². The number of rotatable bonds is 50. The Balaban J connectivity index is 0.000000252. The van der Waals surface area contributed by atoms with Crippen LogP contribution in [0, 0.1) is 95.8 Å². The summed E-state index contributed by atoms with van der Waals surface area (Å²) in [5.41, 5.74) is 27.8. The van der Waals surface area contributed by atoms with Crippen LogP contribution in [0.3, 0.4) is 0 Å². The number of amides is 5. The second-order valence-corrected chi connectivity index (χ2v) is 34.0. The Hall–Kier alpha value is -10.0. The molecule has 15 N–H and O–H groups in total. The van der Waals surface area contributed by atoms with E-state index in [9.17, 15) is 87.5 Å². The summed E-state index contributed by atoms with van der Waals surface area (Å²) in [6, 6.07) is 13.7. The fraction of sp³-hybridized carbons (Fsp3) is 0.588. The van der Waals surface area contributed by atoms with Crippen molar-refractivity contribution < 1.29 is 111 Å². The molecule has 5 amide bonds. The highest BCUT2D eigenvalue weighted by Gasteiger charge is 2.35. The molecule has 0 aromatic heterocycles. The van der Waals surface area contributed by atoms with Crippen molar-refractivity contribution in [1.29, 1.82) is 0 Å². The standard InChI is InChI=1S/2C20H28F2N2O3.2C19H26F2N2O3.C19H27FN2O3/c1-13-9-10-15(21)19(18(13)22)27-12-17(25)16(8-4-5-11-23)24-20(26)14-6-2-3-7-14;1-13-10-15(21)11-18(19(13)22)27-12-17(25)16(8-4-5-9-23)24-20(26)14-6-2-3-7-14;20-14-8-5-9-15(21)18(14)26-12-17(24)16(10-3-4-11-22)23-19(25)13-6-1-2-7-13;20-14-8-5-10-17(18(14)21)26-12-16(24)15(9-3-4-11-22)23-19(25)13-6-1-2-7-13;20-15-9-3-4-11-18(15)25-13-17(23)16(10-5-6-12-21)22-19(24)14-7-1-2-8-14/h9-10,14,16H,2-8,11-12,23H2,1H3,(H,24,26);10-11,14,16H,2-9,12,23H2,1H3,(H,24,26);5,8-9,13,16H,1-4,6-7,10-12,22H2,(H,23,25);5,8,10,13,15H,1-4,6-7,9,11-12,22H2,(H,23,25);3-4,9,11,14,16H,1-2,5-8,10,12-13,21H2,(H,22,24)/t3*16-;15-;16-/m00000/s1. The molecule has 5 fully saturated rings. The largest absolute Gasteiger partial charge is 0.483 e. The number of hydrogen-bond acceptors (Lipinski definition) is 20. The van der Waals surface area contributed by atoms with Crippen LogP contribution >= 0.6 is 0 Å². The maximum Gasteiger partial charge on any atom is 0.223 e. The summed E-state index contributed by atoms with van der Waals surface area (Å²) in [5.74, 6) is -11.7. The zero-order valence-electron chi connectivity index (χ0n) is 75.6. The lowest BCUT2D eigenvalue weighted by Crippen LogP contribution is -2.45. The van der Waals surface area contributed by atoms with E-state index in [-0.39, 0.29) is 111 Å². The Morgan fingerprint density at radius 2 is 0.565 bits per heavy atom. The van der Waals surface area contributed by atoms with Crippen LogP contribution in [0.1, 0.15) is 236 Å². The molecule has 10 rings (SSSR count). The molecule has 5 atom stereocenters. The number of Topliss-reactive ketones (excluding diaryl/α,β-unsaturated/α-hetero) is 5. The van der Waals surface area contributed by atoms with Crippen LogP contribution < -0.4 is 78.9 Å². The van der Waals surface area contributed by atoms with E-state index in [2.05, 4.69) is 26.6 Å². The van der Waals surface area contributed by atoms with Crippen molar-refractivity contribution in [3.8, 4) is 28.7 Å². The number of para-hydroxylation sites is 2. The molecule has 25 nitrogen and oxygen atoms in total. The molecule has 0 aliphatic heterocycles. The molecule has 726 valence electrons. The molecule has 0 bridgehead atoms. The normalized spacial score (nSPS) is 15.6. The van der Waals surface area contributed by atoms with Crippen molar-refractivity contribution in [3.05, 3.63) is 148 Å². The van der Waals surface area contributed by atoms with Crippen molar-refractivity contribution in [2.45, 2.75) is 269 Å². The minimum absolute atomic E-state index is 0.00250. The highest BCUT2D eigenvalue weighted by Crippen LogP contribution is 2.32. The van der Waals surface area contributed by atoms with Crippen LogP contribution in [-0.2, 0) is 47.9 Å². The summed E-state index contributed by atoms with van der Waals surface area (Å²) in [4.78, 5) is 124. The third kappa shape index (κ3) is 39.0. The summed E-state index contributed by atoms with van der Waals surface area (Å²) in [5, 5.41) is 14.1. The average Bonchev–Trinajstić information content (AvgIpc) is 1.43. The van der Waals surface area contributed by atoms with Crippen molar-refractivity contribution >= 4 is 58.5 Å². The van der Waals surface area contributed by atoms with E-state index in [1.54, 1.807) is 12.1 Å². The summed E-state index contributed by atoms with van der Waals surface area (Å²) in [7, 11) is 0. The number of ether oxygens (including phenoxy) is 5. The number of nitrogens with two attached hydrogens (primary N) is 5. The van der Waals surface area contributed by atoms with E-state index >= 15 is 0 Å². The SMILES string of the molecule is Cc1cc(F)cc(OCC(=O)[C@H](CCCCN)NC(=O)C2CCCC2)c1F.Cc1ccc(F)c(OCC(=O)[C@H](CCCCN)NC(=O)C2CCCC2)c1F.NCCCC[C@H](NC(=O)C1CCCC1)C(=O)COc1c(F)cccc1F.NCCCC[C@H](NC(=O)C1CCCC1)C(=O)COc1cccc(F)c1F.NCCCC[C@H](NC(=O)C1CCCC1)C(=O)COc1ccccc1F. The Kier molecular flexibility index (Phi) is 51.0. The van der Waals surface area contributed by atoms with Gasteiger partial charge in [-0.1, -0.05) is 94.5 Å². The zero-order chi connectivity index (χ0) is 95.6. The van der Waals surface area contributed by atoms with Gasteiger partial charge in [-0.15, -0.1) is 0 Å². The summed E-state index contributed by atoms with van der Waals surface area (Å²) in [6.07, 6.45) is 28.1. The Morgan fingerprint density at radius 1 is 0.290 bits per heavy atom. The van der Waals surface area contributed by atoms with Crippen LogP contribution in [0.4, 0.5) is 39.5 Å². The first-order valence-electron chi connectivity index (χ1n) is 46.3. The van der Waals surface area contributed by atoms with Gasteiger partial charge in [0.05, 0.1) is 30.2 Å². The molecule has 5 aliphatic rings. The molecule has 5 aromatic rings. The maximum atomic E-state index is 14.0. The van der Waals surface area contributed by atoms with E-state index in [0.717, 1.165) is 203 Å².